The predicted octanol–water partition coefficient (Wildman–Crippen LogP) is 2.83. The van der Waals surface area contributed by atoms with Crippen molar-refractivity contribution < 1.29 is 0 Å². The molecule has 3 rings (SSSR count). The molecule has 6 heteroatoms. The lowest BCUT2D eigenvalue weighted by molar-refractivity contribution is 0.244. The van der Waals surface area contributed by atoms with Crippen LogP contribution in [0.3, 0.4) is 0 Å². The van der Waals surface area contributed by atoms with E-state index in [-0.39, 0.29) is 5.56 Å². The van der Waals surface area contributed by atoms with Crippen LogP contribution in [0.15, 0.2) is 35.4 Å². The number of rotatable bonds is 5. The Balaban J connectivity index is 1.74. The van der Waals surface area contributed by atoms with Crippen LogP contribution >= 0.6 is 11.3 Å². The molecule has 0 aliphatic heterocycles. The van der Waals surface area contributed by atoms with Crippen molar-refractivity contribution in [2.45, 2.75) is 39.8 Å². The molecule has 0 aliphatic rings. The normalized spacial score (nSPS) is 12.9. The Morgan fingerprint density at radius 1 is 1.29 bits per heavy atom. The van der Waals surface area contributed by atoms with Crippen LogP contribution in [0.25, 0.3) is 4.96 Å². The Kier molecular flexibility index (Phi) is 4.78. The van der Waals surface area contributed by atoms with Gasteiger partial charge in [0.1, 0.15) is 0 Å². The summed E-state index contributed by atoms with van der Waals surface area (Å²) >= 11 is 1.54. The Morgan fingerprint density at radius 3 is 2.83 bits per heavy atom. The molecule has 0 spiro atoms. The van der Waals surface area contributed by atoms with Gasteiger partial charge < -0.3 is 0 Å². The van der Waals surface area contributed by atoms with Crippen LogP contribution in [-0.4, -0.2) is 32.4 Å². The van der Waals surface area contributed by atoms with Crippen LogP contribution in [0.1, 0.15) is 28.8 Å². The highest BCUT2D eigenvalue weighted by molar-refractivity contribution is 7.16. The molecule has 0 saturated carbocycles. The molecule has 1 atom stereocenters. The highest BCUT2D eigenvalue weighted by Gasteiger charge is 2.13. The van der Waals surface area contributed by atoms with E-state index in [1.54, 1.807) is 21.8 Å². The standard InChI is InChI=1S/C18H22N4OS/c1-12-5-6-19-15(7-12)8-13(2)21(4)11-16-9-17(23)22-10-14(3)24-18(22)20-16/h5-7,9-10,13H,8,11H2,1-4H3/t13-/m1/s1. The van der Waals surface area contributed by atoms with E-state index in [2.05, 4.69) is 41.8 Å². The molecule has 3 aromatic rings. The van der Waals surface area contributed by atoms with Crippen molar-refractivity contribution in [3.05, 3.63) is 62.8 Å². The molecule has 0 bridgehead atoms. The van der Waals surface area contributed by atoms with Gasteiger partial charge >= 0.3 is 0 Å². The fourth-order valence-electron chi connectivity index (χ4n) is 2.72. The molecule has 3 aromatic heterocycles. The van der Waals surface area contributed by atoms with E-state index in [0.717, 1.165) is 27.6 Å². The zero-order valence-electron chi connectivity index (χ0n) is 14.5. The summed E-state index contributed by atoms with van der Waals surface area (Å²) in [5.74, 6) is 0. The third kappa shape index (κ3) is 3.71. The molecular weight excluding hydrogens is 320 g/mol. The summed E-state index contributed by atoms with van der Waals surface area (Å²) in [5.41, 5.74) is 3.11. The fraction of sp³-hybridized carbons (Fsp3) is 0.389. The number of hydrogen-bond donors (Lipinski definition) is 0. The second-order valence-electron chi connectivity index (χ2n) is 6.37. The molecule has 3 heterocycles. The van der Waals surface area contributed by atoms with Crippen molar-refractivity contribution in [1.82, 2.24) is 19.3 Å². The lowest BCUT2D eigenvalue weighted by Crippen LogP contribution is -2.31. The fourth-order valence-corrected chi connectivity index (χ4v) is 3.57. The number of nitrogens with zero attached hydrogens (tertiary/aromatic N) is 4. The van der Waals surface area contributed by atoms with E-state index in [4.69, 9.17) is 0 Å². The third-order valence-electron chi connectivity index (χ3n) is 4.18. The second kappa shape index (κ2) is 6.83. The maximum Gasteiger partial charge on any atom is 0.258 e. The number of aryl methyl sites for hydroxylation is 2. The molecule has 0 amide bonds. The topological polar surface area (TPSA) is 50.5 Å². The number of pyridine rings is 1. The van der Waals surface area contributed by atoms with Gasteiger partial charge in [0.2, 0.25) is 0 Å². The van der Waals surface area contributed by atoms with Crippen LogP contribution in [0, 0.1) is 13.8 Å². The first-order chi connectivity index (χ1) is 11.4. The molecule has 0 N–H and O–H groups in total. The number of aromatic nitrogens is 3. The maximum absolute atomic E-state index is 12.2. The molecule has 0 aliphatic carbocycles. The van der Waals surface area contributed by atoms with Gasteiger partial charge in [-0.25, -0.2) is 4.98 Å². The van der Waals surface area contributed by atoms with Gasteiger partial charge in [-0.15, -0.1) is 11.3 Å². The summed E-state index contributed by atoms with van der Waals surface area (Å²) in [7, 11) is 2.06. The molecule has 5 nitrogen and oxygen atoms in total. The summed E-state index contributed by atoms with van der Waals surface area (Å²) in [5, 5.41) is 0. The van der Waals surface area contributed by atoms with Gasteiger partial charge in [0, 0.05) is 48.0 Å². The summed E-state index contributed by atoms with van der Waals surface area (Å²) in [6.07, 6.45) is 4.57. The van der Waals surface area contributed by atoms with Gasteiger partial charge in [0.15, 0.2) is 4.96 Å². The molecular formula is C18H22N4OS. The molecule has 0 saturated heterocycles. The van der Waals surface area contributed by atoms with E-state index in [1.165, 1.54) is 5.56 Å². The SMILES string of the molecule is Cc1ccnc(C[C@@H](C)N(C)Cc2cc(=O)n3cc(C)sc3n2)c1. The highest BCUT2D eigenvalue weighted by Crippen LogP contribution is 2.14. The van der Waals surface area contributed by atoms with E-state index < -0.39 is 0 Å². The van der Waals surface area contributed by atoms with Crippen molar-refractivity contribution in [3.8, 4) is 0 Å². The van der Waals surface area contributed by atoms with Gasteiger partial charge in [0.25, 0.3) is 5.56 Å². The molecule has 0 radical (unpaired) electrons. The Labute approximate surface area is 145 Å². The quantitative estimate of drug-likeness (QED) is 0.715. The molecule has 126 valence electrons. The predicted molar refractivity (Wildman–Crippen MR) is 97.7 cm³/mol. The van der Waals surface area contributed by atoms with Crippen molar-refractivity contribution in [1.29, 1.82) is 0 Å². The van der Waals surface area contributed by atoms with Gasteiger partial charge in [-0.3, -0.25) is 19.1 Å². The Morgan fingerprint density at radius 2 is 2.08 bits per heavy atom. The number of hydrogen-bond acceptors (Lipinski definition) is 5. The summed E-state index contributed by atoms with van der Waals surface area (Å²) in [4.78, 5) is 25.3. The van der Waals surface area contributed by atoms with Gasteiger partial charge in [-0.1, -0.05) is 0 Å². The highest BCUT2D eigenvalue weighted by atomic mass is 32.1. The number of fused-ring (bicyclic) bond motifs is 1. The average molecular weight is 342 g/mol. The molecule has 24 heavy (non-hydrogen) atoms. The monoisotopic (exact) mass is 342 g/mol. The Bertz CT molecular complexity index is 915. The van der Waals surface area contributed by atoms with Gasteiger partial charge in [0.05, 0.1) is 5.69 Å². The minimum absolute atomic E-state index is 0.0132. The average Bonchev–Trinajstić information content (AvgIpc) is 2.88. The van der Waals surface area contributed by atoms with Crippen molar-refractivity contribution in [3.63, 3.8) is 0 Å². The second-order valence-corrected chi connectivity index (χ2v) is 7.59. The zero-order chi connectivity index (χ0) is 17.3. The molecule has 0 fully saturated rings. The first-order valence-electron chi connectivity index (χ1n) is 8.03. The van der Waals surface area contributed by atoms with Gasteiger partial charge in [-0.05, 0) is 45.5 Å². The maximum atomic E-state index is 12.2. The first-order valence-corrected chi connectivity index (χ1v) is 8.84. The Hall–Kier alpha value is -2.05. The largest absolute Gasteiger partial charge is 0.297 e. The van der Waals surface area contributed by atoms with Crippen molar-refractivity contribution >= 4 is 16.3 Å². The minimum Gasteiger partial charge on any atom is -0.297 e. The smallest absolute Gasteiger partial charge is 0.258 e. The number of likely N-dealkylation sites (N-methyl/N-ethyl adjacent to an activating group) is 1. The number of thiazole rings is 1. The van der Waals surface area contributed by atoms with E-state index in [1.807, 2.05) is 25.4 Å². The van der Waals surface area contributed by atoms with Crippen molar-refractivity contribution in [2.75, 3.05) is 7.05 Å². The van der Waals surface area contributed by atoms with Crippen LogP contribution in [0.2, 0.25) is 0 Å². The molecule has 0 unspecified atom stereocenters. The van der Waals surface area contributed by atoms with E-state index >= 15 is 0 Å². The van der Waals surface area contributed by atoms with Gasteiger partial charge in [-0.2, -0.15) is 0 Å². The first kappa shape index (κ1) is 16.8. The van der Waals surface area contributed by atoms with Crippen LogP contribution < -0.4 is 5.56 Å². The summed E-state index contributed by atoms with van der Waals surface area (Å²) in [6, 6.07) is 6.07. The van der Waals surface area contributed by atoms with Crippen LogP contribution in [-0.2, 0) is 13.0 Å². The third-order valence-corrected chi connectivity index (χ3v) is 5.07. The van der Waals surface area contributed by atoms with E-state index in [9.17, 15) is 4.79 Å². The lowest BCUT2D eigenvalue weighted by atomic mass is 10.1. The summed E-state index contributed by atoms with van der Waals surface area (Å²) in [6.45, 7) is 6.89. The minimum atomic E-state index is -0.0132. The van der Waals surface area contributed by atoms with E-state index in [0.29, 0.717) is 12.6 Å². The summed E-state index contributed by atoms with van der Waals surface area (Å²) < 4.78 is 1.61. The lowest BCUT2D eigenvalue weighted by Gasteiger charge is -2.24. The van der Waals surface area contributed by atoms with Crippen molar-refractivity contribution in [2.24, 2.45) is 0 Å². The van der Waals surface area contributed by atoms with Crippen LogP contribution in [0.5, 0.6) is 0 Å². The van der Waals surface area contributed by atoms with Crippen LogP contribution in [0.4, 0.5) is 0 Å². The molecule has 0 aromatic carbocycles. The zero-order valence-corrected chi connectivity index (χ0v) is 15.3.